The molecule has 2 saturated heterocycles. The number of hydrogen-bond acceptors (Lipinski definition) is 5. The van der Waals surface area contributed by atoms with Crippen molar-refractivity contribution in [1.82, 2.24) is 10.2 Å². The summed E-state index contributed by atoms with van der Waals surface area (Å²) in [4.78, 5) is 33.9. The number of aliphatic carboxylic acids is 2. The molecule has 2 fully saturated rings. The van der Waals surface area contributed by atoms with Crippen molar-refractivity contribution in [2.75, 3.05) is 13.1 Å². The summed E-state index contributed by atoms with van der Waals surface area (Å²) in [5.41, 5.74) is -0.581. The van der Waals surface area contributed by atoms with Crippen LogP contribution in [0.5, 0.6) is 0 Å². The lowest BCUT2D eigenvalue weighted by Gasteiger charge is -2.26. The molecule has 2 atom stereocenters. The molecule has 132 valence electrons. The zero-order chi connectivity index (χ0) is 17.6. The van der Waals surface area contributed by atoms with Gasteiger partial charge >= 0.3 is 18.0 Å². The van der Waals surface area contributed by atoms with Gasteiger partial charge in [-0.1, -0.05) is 0 Å². The van der Waals surface area contributed by atoms with E-state index in [2.05, 4.69) is 5.32 Å². The fourth-order valence-electron chi connectivity index (χ4n) is 2.46. The third kappa shape index (κ3) is 6.43. The summed E-state index contributed by atoms with van der Waals surface area (Å²) in [7, 11) is 0. The van der Waals surface area contributed by atoms with E-state index in [0.717, 1.165) is 25.8 Å². The van der Waals surface area contributed by atoms with Crippen LogP contribution >= 0.6 is 0 Å². The normalized spacial score (nSPS) is 23.9. The standard InChI is InChI=1S/C10H17NO4.C5H9NO2/c1-10(2,3)15-9(14)11-6-4-5-7(11)8(12)13;7-5(8)4-2-1-3-6-4/h7H,4-6H2,1-3H3,(H,12,13);4,6H,1-3H2,(H,7,8)/t7-;4-/m00/s1. The molecule has 0 aromatic rings. The molecule has 8 heteroatoms. The molecule has 0 bridgehead atoms. The second-order valence-corrected chi connectivity index (χ2v) is 6.66. The van der Waals surface area contributed by atoms with Gasteiger partial charge in [0.1, 0.15) is 17.7 Å². The molecule has 23 heavy (non-hydrogen) atoms. The Balaban J connectivity index is 0.000000277. The molecule has 2 aliphatic heterocycles. The van der Waals surface area contributed by atoms with Crippen molar-refractivity contribution in [3.63, 3.8) is 0 Å². The predicted molar refractivity (Wildman–Crippen MR) is 82.3 cm³/mol. The zero-order valence-electron chi connectivity index (χ0n) is 13.9. The van der Waals surface area contributed by atoms with Gasteiger partial charge in [0.2, 0.25) is 0 Å². The predicted octanol–water partition coefficient (Wildman–Crippen LogP) is 1.29. The van der Waals surface area contributed by atoms with Crippen molar-refractivity contribution < 1.29 is 29.3 Å². The van der Waals surface area contributed by atoms with Crippen molar-refractivity contribution in [2.24, 2.45) is 0 Å². The molecule has 3 N–H and O–H groups in total. The van der Waals surface area contributed by atoms with Gasteiger partial charge in [-0.2, -0.15) is 0 Å². The Kier molecular flexibility index (Phi) is 6.80. The highest BCUT2D eigenvalue weighted by Gasteiger charge is 2.36. The lowest BCUT2D eigenvalue weighted by atomic mass is 10.2. The highest BCUT2D eigenvalue weighted by molar-refractivity contribution is 5.80. The molecule has 0 aliphatic carbocycles. The third-order valence-electron chi connectivity index (χ3n) is 3.52. The number of carbonyl (C=O) groups excluding carboxylic acids is 1. The Hall–Kier alpha value is -1.83. The van der Waals surface area contributed by atoms with Crippen LogP contribution < -0.4 is 5.32 Å². The molecule has 2 aliphatic rings. The van der Waals surface area contributed by atoms with Crippen LogP contribution in [0.15, 0.2) is 0 Å². The van der Waals surface area contributed by atoms with Gasteiger partial charge in [0.25, 0.3) is 0 Å². The van der Waals surface area contributed by atoms with Crippen LogP contribution in [0.3, 0.4) is 0 Å². The smallest absolute Gasteiger partial charge is 0.411 e. The Morgan fingerprint density at radius 3 is 2.13 bits per heavy atom. The Morgan fingerprint density at radius 1 is 1.09 bits per heavy atom. The van der Waals surface area contributed by atoms with Gasteiger partial charge in [0.15, 0.2) is 0 Å². The van der Waals surface area contributed by atoms with Crippen LogP contribution in [0.1, 0.15) is 46.5 Å². The van der Waals surface area contributed by atoms with Gasteiger partial charge in [0.05, 0.1) is 0 Å². The number of amides is 1. The van der Waals surface area contributed by atoms with Crippen LogP contribution in [-0.4, -0.2) is 63.9 Å². The van der Waals surface area contributed by atoms with E-state index in [9.17, 15) is 14.4 Å². The lowest BCUT2D eigenvalue weighted by molar-refractivity contribution is -0.142. The largest absolute Gasteiger partial charge is 0.480 e. The van der Waals surface area contributed by atoms with E-state index in [4.69, 9.17) is 14.9 Å². The maximum atomic E-state index is 11.6. The highest BCUT2D eigenvalue weighted by atomic mass is 16.6. The second kappa shape index (κ2) is 8.14. The topological polar surface area (TPSA) is 116 Å². The van der Waals surface area contributed by atoms with Crippen LogP contribution in [0.2, 0.25) is 0 Å². The molecule has 2 rings (SSSR count). The highest BCUT2D eigenvalue weighted by Crippen LogP contribution is 2.20. The fraction of sp³-hybridized carbons (Fsp3) is 0.800. The van der Waals surface area contributed by atoms with Crippen LogP contribution in [0.4, 0.5) is 4.79 Å². The fourth-order valence-corrected chi connectivity index (χ4v) is 2.46. The summed E-state index contributed by atoms with van der Waals surface area (Å²) in [6, 6.07) is -0.991. The van der Waals surface area contributed by atoms with Gasteiger partial charge in [0, 0.05) is 6.54 Å². The number of nitrogens with zero attached hydrogens (tertiary/aromatic N) is 1. The van der Waals surface area contributed by atoms with Crippen molar-refractivity contribution in [3.05, 3.63) is 0 Å². The molecule has 1 amide bonds. The minimum absolute atomic E-state index is 0.269. The minimum Gasteiger partial charge on any atom is -0.480 e. The molecule has 2 heterocycles. The first-order valence-electron chi connectivity index (χ1n) is 7.80. The van der Waals surface area contributed by atoms with E-state index in [1.807, 2.05) is 0 Å². The molecule has 0 aromatic heterocycles. The lowest BCUT2D eigenvalue weighted by Crippen LogP contribution is -2.43. The average Bonchev–Trinajstić information content (AvgIpc) is 3.09. The maximum absolute atomic E-state index is 11.6. The van der Waals surface area contributed by atoms with Crippen molar-refractivity contribution >= 4 is 18.0 Å². The Morgan fingerprint density at radius 2 is 1.74 bits per heavy atom. The number of rotatable bonds is 2. The number of likely N-dealkylation sites (tertiary alicyclic amines) is 1. The third-order valence-corrected chi connectivity index (χ3v) is 3.52. The van der Waals surface area contributed by atoms with Crippen molar-refractivity contribution in [1.29, 1.82) is 0 Å². The molecule has 0 saturated carbocycles. The van der Waals surface area contributed by atoms with Crippen molar-refractivity contribution in [3.8, 4) is 0 Å². The molecule has 0 unspecified atom stereocenters. The summed E-state index contributed by atoms with van der Waals surface area (Å²) in [5.74, 6) is -1.68. The molecule has 0 aromatic carbocycles. The summed E-state index contributed by atoms with van der Waals surface area (Å²) in [5, 5.41) is 20.1. The summed E-state index contributed by atoms with van der Waals surface area (Å²) in [6.07, 6.45) is 2.48. The van der Waals surface area contributed by atoms with Gasteiger partial charge in [-0.25, -0.2) is 9.59 Å². The molecular weight excluding hydrogens is 304 g/mol. The Bertz CT molecular complexity index is 440. The quantitative estimate of drug-likeness (QED) is 0.698. The van der Waals surface area contributed by atoms with Crippen LogP contribution in [0.25, 0.3) is 0 Å². The summed E-state index contributed by atoms with van der Waals surface area (Å²) in [6.45, 7) is 6.60. The number of hydrogen-bond donors (Lipinski definition) is 3. The summed E-state index contributed by atoms with van der Waals surface area (Å²) >= 11 is 0. The number of carboxylic acids is 2. The van der Waals surface area contributed by atoms with Gasteiger partial charge < -0.3 is 20.3 Å². The summed E-state index contributed by atoms with van der Waals surface area (Å²) < 4.78 is 5.13. The molecular formula is C15H26N2O6. The molecule has 0 spiro atoms. The Labute approximate surface area is 135 Å². The van der Waals surface area contributed by atoms with E-state index in [1.54, 1.807) is 20.8 Å². The first kappa shape index (κ1) is 19.2. The van der Waals surface area contributed by atoms with E-state index in [0.29, 0.717) is 13.0 Å². The van der Waals surface area contributed by atoms with Crippen molar-refractivity contribution in [2.45, 2.75) is 64.1 Å². The first-order valence-corrected chi connectivity index (χ1v) is 7.80. The van der Waals surface area contributed by atoms with Gasteiger partial charge in [-0.3, -0.25) is 9.69 Å². The van der Waals surface area contributed by atoms with Gasteiger partial charge in [-0.15, -0.1) is 0 Å². The average molecular weight is 330 g/mol. The first-order chi connectivity index (χ1) is 10.6. The SMILES string of the molecule is CC(C)(C)OC(=O)N1CCC[C@H]1C(=O)O.O=C(O)[C@@H]1CCCN1. The van der Waals surface area contributed by atoms with Crippen LogP contribution in [0, 0.1) is 0 Å². The monoisotopic (exact) mass is 330 g/mol. The number of nitrogens with one attached hydrogen (secondary N) is 1. The van der Waals surface area contributed by atoms with E-state index < -0.39 is 29.7 Å². The van der Waals surface area contributed by atoms with E-state index in [1.165, 1.54) is 4.90 Å². The van der Waals surface area contributed by atoms with Gasteiger partial charge in [-0.05, 0) is 53.0 Å². The number of carbonyl (C=O) groups is 3. The van der Waals surface area contributed by atoms with E-state index >= 15 is 0 Å². The van der Waals surface area contributed by atoms with Crippen LogP contribution in [-0.2, 0) is 14.3 Å². The minimum atomic E-state index is -0.960. The molecule has 0 radical (unpaired) electrons. The number of ether oxygens (including phenoxy) is 1. The molecule has 8 nitrogen and oxygen atoms in total. The second-order valence-electron chi connectivity index (χ2n) is 6.66. The zero-order valence-corrected chi connectivity index (χ0v) is 13.9. The maximum Gasteiger partial charge on any atom is 0.411 e. The number of carboxylic acid groups (broad SMARTS) is 2. The van der Waals surface area contributed by atoms with E-state index in [-0.39, 0.29) is 6.04 Å².